The van der Waals surface area contributed by atoms with E-state index in [1.807, 2.05) is 31.3 Å². The lowest BCUT2D eigenvalue weighted by Crippen LogP contribution is -2.47. The number of hydrogen-bond acceptors (Lipinski definition) is 3. The Hall–Kier alpha value is -0.960. The summed E-state index contributed by atoms with van der Waals surface area (Å²) in [4.78, 5) is 18.9. The molecular weight excluding hydrogens is 459 g/mol. The third-order valence-electron chi connectivity index (χ3n) is 4.28. The summed E-state index contributed by atoms with van der Waals surface area (Å²) in [5.74, 6) is 2.08. The molecule has 2 rings (SSSR count). The van der Waals surface area contributed by atoms with Gasteiger partial charge in [0.2, 0.25) is 0 Å². The van der Waals surface area contributed by atoms with Crippen molar-refractivity contribution in [2.24, 2.45) is 4.99 Å². The highest BCUT2D eigenvalue weighted by Gasteiger charge is 2.21. The number of aliphatic imine (C=N–C) groups is 1. The number of rotatable bonds is 6. The van der Waals surface area contributed by atoms with Crippen LogP contribution in [0.1, 0.15) is 42.6 Å². The van der Waals surface area contributed by atoms with Crippen molar-refractivity contribution >= 4 is 47.6 Å². The minimum atomic E-state index is -0.00748. The highest BCUT2D eigenvalue weighted by Crippen LogP contribution is 2.21. The minimum Gasteiger partial charge on any atom is -0.352 e. The van der Waals surface area contributed by atoms with E-state index in [9.17, 15) is 4.79 Å². The van der Waals surface area contributed by atoms with E-state index in [-0.39, 0.29) is 29.9 Å². The summed E-state index contributed by atoms with van der Waals surface area (Å²) in [7, 11) is 1.83. The zero-order valence-corrected chi connectivity index (χ0v) is 19.1. The minimum absolute atomic E-state index is 0. The molecule has 1 aliphatic rings. The van der Waals surface area contributed by atoms with E-state index in [1.54, 1.807) is 0 Å². The van der Waals surface area contributed by atoms with Gasteiger partial charge in [-0.3, -0.25) is 9.79 Å². The highest BCUT2D eigenvalue weighted by atomic mass is 127. The normalized spacial score (nSPS) is 17.4. The topological polar surface area (TPSA) is 56.7 Å². The van der Waals surface area contributed by atoms with Crippen molar-refractivity contribution in [3.8, 4) is 0 Å². The van der Waals surface area contributed by atoms with Gasteiger partial charge in [0.05, 0.1) is 0 Å². The van der Waals surface area contributed by atoms with Crippen LogP contribution in [0, 0.1) is 0 Å². The van der Waals surface area contributed by atoms with Gasteiger partial charge in [-0.1, -0.05) is 26.0 Å². The summed E-state index contributed by atoms with van der Waals surface area (Å²) in [6.07, 6.45) is 2.13. The first-order chi connectivity index (χ1) is 12.2. The van der Waals surface area contributed by atoms with Crippen molar-refractivity contribution in [2.75, 3.05) is 32.4 Å². The van der Waals surface area contributed by atoms with Gasteiger partial charge in [-0.2, -0.15) is 11.8 Å². The zero-order valence-electron chi connectivity index (χ0n) is 16.0. The Kier molecular flexibility index (Phi) is 11.0. The Morgan fingerprint density at radius 1 is 1.35 bits per heavy atom. The molecule has 146 valence electrons. The summed E-state index contributed by atoms with van der Waals surface area (Å²) in [6.45, 7) is 7.74. The molecule has 1 aromatic rings. The molecule has 1 saturated heterocycles. The predicted octanol–water partition coefficient (Wildman–Crippen LogP) is 3.35. The van der Waals surface area contributed by atoms with Gasteiger partial charge in [0.25, 0.3) is 5.91 Å². The fraction of sp³-hybridized carbons (Fsp3) is 0.579. The Bertz CT molecular complexity index is 597. The Morgan fingerprint density at radius 3 is 2.85 bits per heavy atom. The van der Waals surface area contributed by atoms with Crippen LogP contribution in [-0.2, 0) is 6.54 Å². The lowest BCUT2D eigenvalue weighted by atomic mass is 10.1. The molecule has 7 heteroatoms. The van der Waals surface area contributed by atoms with Gasteiger partial charge in [-0.05, 0) is 30.5 Å². The van der Waals surface area contributed by atoms with E-state index in [0.717, 1.165) is 36.8 Å². The maximum absolute atomic E-state index is 12.1. The van der Waals surface area contributed by atoms with E-state index >= 15 is 0 Å². The van der Waals surface area contributed by atoms with Crippen molar-refractivity contribution in [1.29, 1.82) is 0 Å². The number of nitrogens with zero attached hydrogens (tertiary/aromatic N) is 2. The smallest absolute Gasteiger partial charge is 0.251 e. The molecule has 1 unspecified atom stereocenters. The Morgan fingerprint density at radius 2 is 2.15 bits per heavy atom. The van der Waals surface area contributed by atoms with E-state index in [2.05, 4.69) is 46.1 Å². The highest BCUT2D eigenvalue weighted by molar-refractivity contribution is 14.0. The standard InChI is InChI=1S/C19H30N4OS.HI/c1-4-9-21-18(24)16-8-6-7-15(12-16)13-22-19(20-3)23-10-11-25-17(5-2)14-23;/h6-8,12,17H,4-5,9-11,13-14H2,1-3H3,(H,20,22)(H,21,24);1H. The molecule has 2 N–H and O–H groups in total. The van der Waals surface area contributed by atoms with Gasteiger partial charge in [0.15, 0.2) is 5.96 Å². The van der Waals surface area contributed by atoms with Gasteiger partial charge in [-0.25, -0.2) is 0 Å². The molecule has 1 atom stereocenters. The van der Waals surface area contributed by atoms with Gasteiger partial charge < -0.3 is 15.5 Å². The predicted molar refractivity (Wildman–Crippen MR) is 123 cm³/mol. The van der Waals surface area contributed by atoms with Gasteiger partial charge in [0, 0.05) is 49.8 Å². The summed E-state index contributed by atoms with van der Waals surface area (Å²) in [5, 5.41) is 7.04. The molecule has 0 saturated carbocycles. The molecule has 1 fully saturated rings. The molecule has 0 spiro atoms. The molecule has 1 amide bonds. The number of guanidine groups is 1. The number of nitrogens with one attached hydrogen (secondary N) is 2. The van der Waals surface area contributed by atoms with Gasteiger partial charge in [-0.15, -0.1) is 24.0 Å². The SMILES string of the molecule is CCCNC(=O)c1cccc(CNC(=NC)N2CCSC(CC)C2)c1.I. The van der Waals surface area contributed by atoms with Crippen molar-refractivity contribution in [3.05, 3.63) is 35.4 Å². The third-order valence-corrected chi connectivity index (χ3v) is 5.65. The Labute approximate surface area is 178 Å². The summed E-state index contributed by atoms with van der Waals surface area (Å²) in [6, 6.07) is 7.78. The second-order valence-corrected chi connectivity index (χ2v) is 7.61. The number of benzene rings is 1. The summed E-state index contributed by atoms with van der Waals surface area (Å²) < 4.78 is 0. The third kappa shape index (κ3) is 6.98. The first-order valence-electron chi connectivity index (χ1n) is 9.12. The molecular formula is C19H31IN4OS. The van der Waals surface area contributed by atoms with Crippen molar-refractivity contribution in [1.82, 2.24) is 15.5 Å². The molecule has 0 radical (unpaired) electrons. The average molecular weight is 490 g/mol. The van der Waals surface area contributed by atoms with Crippen molar-refractivity contribution < 1.29 is 4.79 Å². The number of carbonyl (C=O) groups is 1. The Balaban J connectivity index is 0.00000338. The lowest BCUT2D eigenvalue weighted by Gasteiger charge is -2.34. The number of amides is 1. The monoisotopic (exact) mass is 490 g/mol. The van der Waals surface area contributed by atoms with E-state index in [0.29, 0.717) is 23.9 Å². The summed E-state index contributed by atoms with van der Waals surface area (Å²) in [5.41, 5.74) is 1.80. The largest absolute Gasteiger partial charge is 0.352 e. The number of thioether (sulfide) groups is 1. The first kappa shape index (κ1) is 23.1. The van der Waals surface area contributed by atoms with E-state index in [1.165, 1.54) is 6.42 Å². The molecule has 26 heavy (non-hydrogen) atoms. The van der Waals surface area contributed by atoms with E-state index in [4.69, 9.17) is 0 Å². The maximum Gasteiger partial charge on any atom is 0.251 e. The molecule has 5 nitrogen and oxygen atoms in total. The van der Waals surface area contributed by atoms with Crippen LogP contribution in [0.4, 0.5) is 0 Å². The molecule has 1 aromatic carbocycles. The van der Waals surface area contributed by atoms with Crippen molar-refractivity contribution in [2.45, 2.75) is 38.5 Å². The van der Waals surface area contributed by atoms with Crippen LogP contribution < -0.4 is 10.6 Å². The van der Waals surface area contributed by atoms with Crippen LogP contribution in [0.25, 0.3) is 0 Å². The lowest BCUT2D eigenvalue weighted by molar-refractivity contribution is 0.0953. The van der Waals surface area contributed by atoms with Gasteiger partial charge >= 0.3 is 0 Å². The van der Waals surface area contributed by atoms with Crippen LogP contribution >= 0.6 is 35.7 Å². The zero-order chi connectivity index (χ0) is 18.1. The summed E-state index contributed by atoms with van der Waals surface area (Å²) >= 11 is 2.05. The molecule has 1 heterocycles. The van der Waals surface area contributed by atoms with Crippen LogP contribution in [0.5, 0.6) is 0 Å². The average Bonchev–Trinajstić information content (AvgIpc) is 2.67. The van der Waals surface area contributed by atoms with Gasteiger partial charge in [0.1, 0.15) is 0 Å². The van der Waals surface area contributed by atoms with Crippen molar-refractivity contribution in [3.63, 3.8) is 0 Å². The number of hydrogen-bond donors (Lipinski definition) is 2. The number of carbonyl (C=O) groups excluding carboxylic acids is 1. The molecule has 0 aromatic heterocycles. The molecule has 0 aliphatic carbocycles. The maximum atomic E-state index is 12.1. The second kappa shape index (κ2) is 12.4. The van der Waals surface area contributed by atoms with Crippen LogP contribution in [0.3, 0.4) is 0 Å². The first-order valence-corrected chi connectivity index (χ1v) is 10.2. The number of halogens is 1. The second-order valence-electron chi connectivity index (χ2n) is 6.20. The molecule has 0 bridgehead atoms. The fourth-order valence-corrected chi connectivity index (χ4v) is 4.02. The quantitative estimate of drug-likeness (QED) is 0.365. The van der Waals surface area contributed by atoms with Crippen LogP contribution in [0.15, 0.2) is 29.3 Å². The van der Waals surface area contributed by atoms with Crippen LogP contribution in [0.2, 0.25) is 0 Å². The van der Waals surface area contributed by atoms with Crippen LogP contribution in [-0.4, -0.2) is 54.5 Å². The van der Waals surface area contributed by atoms with E-state index < -0.39 is 0 Å². The molecule has 1 aliphatic heterocycles. The fourth-order valence-electron chi connectivity index (χ4n) is 2.84.